The number of thiazole rings is 1. The van der Waals surface area contributed by atoms with Crippen LogP contribution in [0.25, 0.3) is 10.2 Å². The summed E-state index contributed by atoms with van der Waals surface area (Å²) in [5.74, 6) is -0.756. The maximum Gasteiger partial charge on any atom is 0.279 e. The highest BCUT2D eigenvalue weighted by atomic mass is 32.1. The fraction of sp³-hybridized carbons (Fsp3) is 0.158. The summed E-state index contributed by atoms with van der Waals surface area (Å²) in [5, 5.41) is 0. The van der Waals surface area contributed by atoms with E-state index in [1.54, 1.807) is 6.08 Å². The topological polar surface area (TPSA) is 34.4 Å². The third-order valence-corrected chi connectivity index (χ3v) is 4.94. The van der Waals surface area contributed by atoms with Crippen LogP contribution in [0, 0.1) is 19.7 Å². The Morgan fingerprint density at radius 2 is 1.92 bits per heavy atom. The lowest BCUT2D eigenvalue weighted by Crippen LogP contribution is -2.16. The molecule has 0 aliphatic rings. The number of rotatable bonds is 3. The molecular formula is C19H17FN2OS. The van der Waals surface area contributed by atoms with Crippen molar-refractivity contribution in [1.82, 2.24) is 4.57 Å². The second-order valence-electron chi connectivity index (χ2n) is 5.61. The number of benzene rings is 2. The molecule has 5 heteroatoms. The van der Waals surface area contributed by atoms with Gasteiger partial charge >= 0.3 is 0 Å². The van der Waals surface area contributed by atoms with Crippen LogP contribution in [0.5, 0.6) is 0 Å². The lowest BCUT2D eigenvalue weighted by molar-refractivity contribution is 0.0998. The van der Waals surface area contributed by atoms with Gasteiger partial charge in [0.1, 0.15) is 5.82 Å². The molecule has 0 aliphatic heterocycles. The van der Waals surface area contributed by atoms with Gasteiger partial charge in [0.2, 0.25) is 0 Å². The molecule has 3 nitrogen and oxygen atoms in total. The van der Waals surface area contributed by atoms with Crippen molar-refractivity contribution in [2.24, 2.45) is 4.99 Å². The van der Waals surface area contributed by atoms with Gasteiger partial charge in [-0.05, 0) is 61.4 Å². The number of amides is 1. The van der Waals surface area contributed by atoms with Crippen molar-refractivity contribution < 1.29 is 9.18 Å². The standard InChI is InChI=1S/C19H17FN2OS/c1-4-9-22-16-10-12(2)13(3)11-17(16)24-19(22)21-18(23)14-5-7-15(20)8-6-14/h4-8,10-11H,1,9H2,2-3H3. The van der Waals surface area contributed by atoms with Crippen LogP contribution in [0.2, 0.25) is 0 Å². The number of nitrogens with zero attached hydrogens (tertiary/aromatic N) is 2. The van der Waals surface area contributed by atoms with Gasteiger partial charge in [0.05, 0.1) is 10.2 Å². The summed E-state index contributed by atoms with van der Waals surface area (Å²) in [7, 11) is 0. The first kappa shape index (κ1) is 16.3. The minimum Gasteiger partial charge on any atom is -0.312 e. The van der Waals surface area contributed by atoms with Crippen molar-refractivity contribution in [1.29, 1.82) is 0 Å². The maximum absolute atomic E-state index is 13.0. The molecule has 0 unspecified atom stereocenters. The van der Waals surface area contributed by atoms with Crippen molar-refractivity contribution in [2.45, 2.75) is 20.4 Å². The van der Waals surface area contributed by atoms with Crippen LogP contribution in [0.4, 0.5) is 4.39 Å². The van der Waals surface area contributed by atoms with Crippen molar-refractivity contribution in [2.75, 3.05) is 0 Å². The highest BCUT2D eigenvalue weighted by molar-refractivity contribution is 7.16. The molecule has 0 fully saturated rings. The zero-order valence-corrected chi connectivity index (χ0v) is 14.4. The molecule has 0 saturated carbocycles. The van der Waals surface area contributed by atoms with Gasteiger partial charge in [-0.3, -0.25) is 4.79 Å². The summed E-state index contributed by atoms with van der Waals surface area (Å²) in [6.45, 7) is 8.48. The Morgan fingerprint density at radius 1 is 1.25 bits per heavy atom. The third-order valence-electron chi connectivity index (χ3n) is 3.90. The summed E-state index contributed by atoms with van der Waals surface area (Å²) in [6.07, 6.45) is 1.78. The minimum atomic E-state index is -0.382. The van der Waals surface area contributed by atoms with Gasteiger partial charge in [0, 0.05) is 12.1 Å². The van der Waals surface area contributed by atoms with Crippen LogP contribution in [0.3, 0.4) is 0 Å². The van der Waals surface area contributed by atoms with Crippen molar-refractivity contribution in [3.05, 3.63) is 76.4 Å². The van der Waals surface area contributed by atoms with E-state index in [-0.39, 0.29) is 11.7 Å². The lowest BCUT2D eigenvalue weighted by Gasteiger charge is -2.04. The largest absolute Gasteiger partial charge is 0.312 e. The number of hydrogen-bond donors (Lipinski definition) is 0. The SMILES string of the molecule is C=CCn1c(=NC(=O)c2ccc(F)cc2)sc2cc(C)c(C)cc21. The summed E-state index contributed by atoms with van der Waals surface area (Å²) in [4.78, 5) is 17.2. The number of fused-ring (bicyclic) bond motifs is 1. The van der Waals surface area contributed by atoms with E-state index in [0.29, 0.717) is 16.9 Å². The molecule has 1 aromatic heterocycles. The molecule has 0 atom stereocenters. The van der Waals surface area contributed by atoms with Gasteiger partial charge < -0.3 is 4.57 Å². The number of carbonyl (C=O) groups excluding carboxylic acids is 1. The molecule has 122 valence electrons. The molecule has 0 spiro atoms. The van der Waals surface area contributed by atoms with Crippen LogP contribution < -0.4 is 4.80 Å². The van der Waals surface area contributed by atoms with E-state index in [2.05, 4.69) is 37.6 Å². The average Bonchev–Trinajstić information content (AvgIpc) is 2.86. The monoisotopic (exact) mass is 340 g/mol. The Labute approximate surface area is 143 Å². The molecule has 24 heavy (non-hydrogen) atoms. The first-order chi connectivity index (χ1) is 11.5. The Hall–Kier alpha value is -2.53. The molecule has 3 aromatic rings. The van der Waals surface area contributed by atoms with E-state index in [9.17, 15) is 9.18 Å². The fourth-order valence-corrected chi connectivity index (χ4v) is 3.57. The molecular weight excluding hydrogens is 323 g/mol. The summed E-state index contributed by atoms with van der Waals surface area (Å²) >= 11 is 1.47. The molecule has 3 rings (SSSR count). The zero-order valence-electron chi connectivity index (χ0n) is 13.5. The van der Waals surface area contributed by atoms with E-state index in [4.69, 9.17) is 0 Å². The van der Waals surface area contributed by atoms with Gasteiger partial charge in [0.25, 0.3) is 5.91 Å². The van der Waals surface area contributed by atoms with Gasteiger partial charge in [-0.25, -0.2) is 4.39 Å². The number of hydrogen-bond acceptors (Lipinski definition) is 2. The Morgan fingerprint density at radius 3 is 2.58 bits per heavy atom. The number of aryl methyl sites for hydroxylation is 2. The molecule has 0 saturated heterocycles. The van der Waals surface area contributed by atoms with Gasteiger partial charge in [-0.15, -0.1) is 6.58 Å². The number of carbonyl (C=O) groups is 1. The van der Waals surface area contributed by atoms with Crippen LogP contribution in [-0.2, 0) is 6.54 Å². The Bertz CT molecular complexity index is 997. The molecule has 0 aliphatic carbocycles. The van der Waals surface area contributed by atoms with Crippen molar-refractivity contribution >= 4 is 27.5 Å². The van der Waals surface area contributed by atoms with Crippen molar-refractivity contribution in [3.63, 3.8) is 0 Å². The second-order valence-corrected chi connectivity index (χ2v) is 6.62. The molecule has 0 bridgehead atoms. The molecule has 1 amide bonds. The fourth-order valence-electron chi connectivity index (χ4n) is 2.46. The first-order valence-corrected chi connectivity index (χ1v) is 8.37. The van der Waals surface area contributed by atoms with E-state index < -0.39 is 0 Å². The van der Waals surface area contributed by atoms with E-state index in [0.717, 1.165) is 10.2 Å². The first-order valence-electron chi connectivity index (χ1n) is 7.55. The summed E-state index contributed by atoms with van der Waals surface area (Å²) in [6, 6.07) is 9.62. The van der Waals surface area contributed by atoms with Crippen molar-refractivity contribution in [3.8, 4) is 0 Å². The molecule has 2 aromatic carbocycles. The van der Waals surface area contributed by atoms with Gasteiger partial charge in [0.15, 0.2) is 4.80 Å². The highest BCUT2D eigenvalue weighted by Crippen LogP contribution is 2.22. The summed E-state index contributed by atoms with van der Waals surface area (Å²) < 4.78 is 16.0. The Kier molecular flexibility index (Phi) is 4.44. The molecule has 0 radical (unpaired) electrons. The van der Waals surface area contributed by atoms with E-state index >= 15 is 0 Å². The molecule has 0 N–H and O–H groups in total. The predicted molar refractivity (Wildman–Crippen MR) is 95.8 cm³/mol. The smallest absolute Gasteiger partial charge is 0.279 e. The summed E-state index contributed by atoms with van der Waals surface area (Å²) in [5.41, 5.74) is 3.79. The van der Waals surface area contributed by atoms with Gasteiger partial charge in [-0.1, -0.05) is 17.4 Å². The quantitative estimate of drug-likeness (QED) is 0.651. The van der Waals surface area contributed by atoms with Crippen LogP contribution in [-0.4, -0.2) is 10.5 Å². The number of halogens is 1. The Balaban J connectivity index is 2.16. The second kappa shape index (κ2) is 6.53. The minimum absolute atomic E-state index is 0.367. The highest BCUT2D eigenvalue weighted by Gasteiger charge is 2.10. The van der Waals surface area contributed by atoms with Crippen LogP contribution in [0.15, 0.2) is 54.0 Å². The third kappa shape index (κ3) is 3.08. The number of allylic oxidation sites excluding steroid dienone is 1. The van der Waals surface area contributed by atoms with E-state index in [1.807, 2.05) is 4.57 Å². The van der Waals surface area contributed by atoms with Gasteiger partial charge in [-0.2, -0.15) is 4.99 Å². The van der Waals surface area contributed by atoms with Crippen LogP contribution in [0.1, 0.15) is 21.5 Å². The average molecular weight is 340 g/mol. The molecule has 1 heterocycles. The van der Waals surface area contributed by atoms with Crippen LogP contribution >= 0.6 is 11.3 Å². The zero-order chi connectivity index (χ0) is 17.3. The maximum atomic E-state index is 13.0. The lowest BCUT2D eigenvalue weighted by atomic mass is 10.1. The predicted octanol–water partition coefficient (Wildman–Crippen LogP) is 4.39. The number of aromatic nitrogens is 1. The van der Waals surface area contributed by atoms with E-state index in [1.165, 1.54) is 46.7 Å². The normalized spacial score (nSPS) is 11.9.